The van der Waals surface area contributed by atoms with Gasteiger partial charge in [-0.05, 0) is 43.0 Å². The van der Waals surface area contributed by atoms with Gasteiger partial charge in [-0.25, -0.2) is 13.1 Å². The van der Waals surface area contributed by atoms with Gasteiger partial charge in [0.05, 0.1) is 7.11 Å². The van der Waals surface area contributed by atoms with Crippen molar-refractivity contribution in [2.45, 2.75) is 38.0 Å². The van der Waals surface area contributed by atoms with E-state index in [2.05, 4.69) is 4.72 Å². The summed E-state index contributed by atoms with van der Waals surface area (Å²) in [7, 11) is -2.41. The second-order valence-electron chi connectivity index (χ2n) is 6.79. The Labute approximate surface area is 173 Å². The van der Waals surface area contributed by atoms with Crippen LogP contribution in [0.3, 0.4) is 0 Å². The zero-order valence-corrected chi connectivity index (χ0v) is 18.2. The molecule has 0 saturated heterocycles. The summed E-state index contributed by atoms with van der Waals surface area (Å²) in [5.41, 5.74) is 1.39. The van der Waals surface area contributed by atoms with E-state index in [4.69, 9.17) is 4.74 Å². The minimum atomic E-state index is -3.83. The van der Waals surface area contributed by atoms with Gasteiger partial charge in [-0.3, -0.25) is 4.79 Å². The lowest BCUT2D eigenvalue weighted by atomic mass is 10.1. The fourth-order valence-corrected chi connectivity index (χ4v) is 4.33. The molecule has 0 saturated carbocycles. The number of nitrogens with zero attached hydrogens (tertiary/aromatic N) is 1. The molecule has 7 heteroatoms. The first-order chi connectivity index (χ1) is 13.9. The van der Waals surface area contributed by atoms with Gasteiger partial charge in [-0.1, -0.05) is 44.2 Å². The van der Waals surface area contributed by atoms with Gasteiger partial charge in [-0.2, -0.15) is 0 Å². The molecule has 1 N–H and O–H groups in total. The number of hydrogen-bond acceptors (Lipinski definition) is 4. The van der Waals surface area contributed by atoms with Crippen molar-refractivity contribution in [3.05, 3.63) is 59.7 Å². The number of benzene rings is 2. The van der Waals surface area contributed by atoms with Crippen molar-refractivity contribution in [2.75, 3.05) is 26.7 Å². The lowest BCUT2D eigenvalue weighted by Crippen LogP contribution is -2.33. The largest absolute Gasteiger partial charge is 0.495 e. The first-order valence-corrected chi connectivity index (χ1v) is 11.4. The van der Waals surface area contributed by atoms with Crippen LogP contribution in [-0.2, 0) is 16.4 Å². The number of hydrogen-bond donors (Lipinski definition) is 1. The number of carbonyl (C=O) groups excluding carboxylic acids is 1. The molecule has 0 aliphatic rings. The molecule has 0 radical (unpaired) electrons. The number of nitrogens with one attached hydrogen (secondary N) is 1. The van der Waals surface area contributed by atoms with Crippen LogP contribution in [0.4, 0.5) is 0 Å². The maximum Gasteiger partial charge on any atom is 0.253 e. The molecule has 0 aromatic heterocycles. The molecule has 0 bridgehead atoms. The fraction of sp³-hybridized carbons (Fsp3) is 0.409. The van der Waals surface area contributed by atoms with Gasteiger partial charge >= 0.3 is 0 Å². The first kappa shape index (κ1) is 22.9. The summed E-state index contributed by atoms with van der Waals surface area (Å²) >= 11 is 0. The Hall–Kier alpha value is -2.38. The van der Waals surface area contributed by atoms with Crippen LogP contribution in [-0.4, -0.2) is 46.0 Å². The Morgan fingerprint density at radius 1 is 1.03 bits per heavy atom. The number of amides is 1. The third kappa shape index (κ3) is 6.30. The van der Waals surface area contributed by atoms with E-state index in [-0.39, 0.29) is 23.1 Å². The summed E-state index contributed by atoms with van der Waals surface area (Å²) in [5, 5.41) is 0. The van der Waals surface area contributed by atoms with Crippen LogP contribution in [0.2, 0.25) is 0 Å². The molecule has 0 aliphatic carbocycles. The Morgan fingerprint density at radius 3 is 2.28 bits per heavy atom. The van der Waals surface area contributed by atoms with Crippen LogP contribution in [0.15, 0.2) is 53.4 Å². The minimum absolute atomic E-state index is 0.0214. The second kappa shape index (κ2) is 11.0. The van der Waals surface area contributed by atoms with Gasteiger partial charge in [0.2, 0.25) is 10.0 Å². The molecular formula is C22H30N2O4S. The van der Waals surface area contributed by atoms with Gasteiger partial charge in [0, 0.05) is 25.2 Å². The number of rotatable bonds is 11. The van der Waals surface area contributed by atoms with Crippen molar-refractivity contribution in [1.82, 2.24) is 9.62 Å². The molecule has 29 heavy (non-hydrogen) atoms. The second-order valence-corrected chi connectivity index (χ2v) is 8.53. The maximum absolute atomic E-state index is 12.9. The number of carbonyl (C=O) groups is 1. The quantitative estimate of drug-likeness (QED) is 0.606. The summed E-state index contributed by atoms with van der Waals surface area (Å²) in [6, 6.07) is 14.2. The van der Waals surface area contributed by atoms with Gasteiger partial charge in [-0.15, -0.1) is 0 Å². The predicted octanol–water partition coefficient (Wildman–Crippen LogP) is 3.48. The molecule has 0 aliphatic heterocycles. The molecular weight excluding hydrogens is 388 g/mol. The molecule has 6 nitrogen and oxygen atoms in total. The normalized spacial score (nSPS) is 11.3. The highest BCUT2D eigenvalue weighted by atomic mass is 32.2. The Kier molecular flexibility index (Phi) is 8.67. The van der Waals surface area contributed by atoms with Crippen molar-refractivity contribution < 1.29 is 17.9 Å². The highest BCUT2D eigenvalue weighted by Gasteiger charge is 2.23. The fourth-order valence-electron chi connectivity index (χ4n) is 3.11. The van der Waals surface area contributed by atoms with E-state index in [0.717, 1.165) is 18.4 Å². The number of sulfonamides is 1. The van der Waals surface area contributed by atoms with Crippen LogP contribution in [0.1, 0.15) is 42.6 Å². The Bertz CT molecular complexity index is 892. The average Bonchev–Trinajstić information content (AvgIpc) is 2.73. The number of ether oxygens (including phenoxy) is 1. The van der Waals surface area contributed by atoms with E-state index in [1.165, 1.54) is 19.2 Å². The lowest BCUT2D eigenvalue weighted by Gasteiger charge is -2.22. The predicted molar refractivity (Wildman–Crippen MR) is 115 cm³/mol. The van der Waals surface area contributed by atoms with Crippen LogP contribution in [0.25, 0.3) is 0 Å². The molecule has 1 amide bonds. The molecule has 0 spiro atoms. The first-order valence-electron chi connectivity index (χ1n) is 9.93. The average molecular weight is 419 g/mol. The smallest absolute Gasteiger partial charge is 0.253 e. The van der Waals surface area contributed by atoms with Gasteiger partial charge in [0.25, 0.3) is 5.91 Å². The molecule has 0 heterocycles. The summed E-state index contributed by atoms with van der Waals surface area (Å²) in [4.78, 5) is 14.6. The zero-order chi connectivity index (χ0) is 21.3. The van der Waals surface area contributed by atoms with Crippen LogP contribution in [0, 0.1) is 0 Å². The molecule has 0 atom stereocenters. The van der Waals surface area contributed by atoms with Crippen molar-refractivity contribution in [2.24, 2.45) is 0 Å². The summed E-state index contributed by atoms with van der Waals surface area (Å²) in [6.07, 6.45) is 2.25. The van der Waals surface area contributed by atoms with Crippen molar-refractivity contribution in [1.29, 1.82) is 0 Å². The van der Waals surface area contributed by atoms with E-state index in [1.807, 2.05) is 44.2 Å². The van der Waals surface area contributed by atoms with E-state index < -0.39 is 10.0 Å². The minimum Gasteiger partial charge on any atom is -0.495 e. The van der Waals surface area contributed by atoms with Crippen molar-refractivity contribution in [3.63, 3.8) is 0 Å². The molecule has 2 aromatic carbocycles. The molecule has 0 unspecified atom stereocenters. The summed E-state index contributed by atoms with van der Waals surface area (Å²) in [6.45, 7) is 5.55. The third-order valence-corrected chi connectivity index (χ3v) is 6.01. The van der Waals surface area contributed by atoms with E-state index in [1.54, 1.807) is 11.0 Å². The SMILES string of the molecule is CCCN(CCC)C(=O)c1ccc(OC)c(S(=O)(=O)NCCc2ccccc2)c1. The van der Waals surface area contributed by atoms with Crippen molar-refractivity contribution >= 4 is 15.9 Å². The van der Waals surface area contributed by atoms with Gasteiger partial charge < -0.3 is 9.64 Å². The molecule has 2 aromatic rings. The lowest BCUT2D eigenvalue weighted by molar-refractivity contribution is 0.0755. The monoisotopic (exact) mass is 418 g/mol. The van der Waals surface area contributed by atoms with Crippen LogP contribution >= 0.6 is 0 Å². The number of methoxy groups -OCH3 is 1. The molecule has 0 fully saturated rings. The third-order valence-electron chi connectivity index (χ3n) is 4.52. The standard InChI is InChI=1S/C22H30N2O4S/c1-4-15-24(16-5-2)22(25)19-11-12-20(28-3)21(17-19)29(26,27)23-14-13-18-9-7-6-8-10-18/h6-12,17,23H,4-5,13-16H2,1-3H3. The van der Waals surface area contributed by atoms with Crippen LogP contribution in [0.5, 0.6) is 5.75 Å². The van der Waals surface area contributed by atoms with Crippen LogP contribution < -0.4 is 9.46 Å². The Balaban J connectivity index is 2.23. The van der Waals surface area contributed by atoms with E-state index in [9.17, 15) is 13.2 Å². The Morgan fingerprint density at radius 2 is 1.69 bits per heavy atom. The highest BCUT2D eigenvalue weighted by molar-refractivity contribution is 7.89. The van der Waals surface area contributed by atoms with Gasteiger partial charge in [0.15, 0.2) is 0 Å². The van der Waals surface area contributed by atoms with Gasteiger partial charge in [0.1, 0.15) is 10.6 Å². The summed E-state index contributed by atoms with van der Waals surface area (Å²) < 4.78 is 33.6. The van der Waals surface area contributed by atoms with E-state index in [0.29, 0.717) is 25.1 Å². The topological polar surface area (TPSA) is 75.7 Å². The van der Waals surface area contributed by atoms with Crippen molar-refractivity contribution in [3.8, 4) is 5.75 Å². The zero-order valence-electron chi connectivity index (χ0n) is 17.3. The highest BCUT2D eigenvalue weighted by Crippen LogP contribution is 2.25. The van der Waals surface area contributed by atoms with E-state index >= 15 is 0 Å². The summed E-state index contributed by atoms with van der Waals surface area (Å²) in [5.74, 6) is 0.0448. The molecule has 2 rings (SSSR count). The maximum atomic E-state index is 12.9. The molecule has 158 valence electrons.